The predicted octanol–water partition coefficient (Wildman–Crippen LogP) is 3.46. The SMILES string of the molecule is N[C@@H]1CCC[C@H]1CC(=O)Nc1ccc(NC(=O)c2cccs2)cc1. The van der Waals surface area contributed by atoms with Crippen LogP contribution in [0.4, 0.5) is 11.4 Å². The van der Waals surface area contributed by atoms with Crippen LogP contribution >= 0.6 is 11.3 Å². The molecule has 5 nitrogen and oxygen atoms in total. The summed E-state index contributed by atoms with van der Waals surface area (Å²) in [7, 11) is 0. The molecule has 1 aromatic carbocycles. The molecule has 2 atom stereocenters. The van der Waals surface area contributed by atoms with Gasteiger partial charge in [-0.1, -0.05) is 12.5 Å². The van der Waals surface area contributed by atoms with E-state index in [4.69, 9.17) is 5.73 Å². The van der Waals surface area contributed by atoms with Gasteiger partial charge in [0.25, 0.3) is 5.91 Å². The highest BCUT2D eigenvalue weighted by molar-refractivity contribution is 7.12. The summed E-state index contributed by atoms with van der Waals surface area (Å²) in [6, 6.07) is 10.9. The van der Waals surface area contributed by atoms with Crippen molar-refractivity contribution in [2.75, 3.05) is 10.6 Å². The van der Waals surface area contributed by atoms with Crippen LogP contribution in [0.2, 0.25) is 0 Å². The summed E-state index contributed by atoms with van der Waals surface area (Å²) in [5.41, 5.74) is 7.43. The minimum Gasteiger partial charge on any atom is -0.327 e. The molecule has 0 aliphatic heterocycles. The maximum Gasteiger partial charge on any atom is 0.265 e. The average molecular weight is 343 g/mol. The van der Waals surface area contributed by atoms with Crippen LogP contribution < -0.4 is 16.4 Å². The third-order valence-corrected chi connectivity index (χ3v) is 5.21. The molecule has 4 N–H and O–H groups in total. The van der Waals surface area contributed by atoms with Crippen LogP contribution in [-0.4, -0.2) is 17.9 Å². The molecule has 1 heterocycles. The Hall–Kier alpha value is -2.18. The van der Waals surface area contributed by atoms with E-state index in [-0.39, 0.29) is 23.8 Å². The average Bonchev–Trinajstić information content (AvgIpc) is 3.22. The third-order valence-electron chi connectivity index (χ3n) is 4.34. The highest BCUT2D eigenvalue weighted by atomic mass is 32.1. The first kappa shape index (κ1) is 16.7. The number of rotatable bonds is 5. The summed E-state index contributed by atoms with van der Waals surface area (Å²) in [5, 5.41) is 7.59. The second kappa shape index (κ2) is 7.59. The van der Waals surface area contributed by atoms with E-state index in [1.165, 1.54) is 11.3 Å². The quantitative estimate of drug-likeness (QED) is 0.777. The minimum absolute atomic E-state index is 0.00674. The molecule has 1 aromatic heterocycles. The van der Waals surface area contributed by atoms with Crippen LogP contribution in [0.15, 0.2) is 41.8 Å². The Morgan fingerprint density at radius 2 is 1.79 bits per heavy atom. The van der Waals surface area contributed by atoms with E-state index in [0.29, 0.717) is 17.0 Å². The predicted molar refractivity (Wildman–Crippen MR) is 97.3 cm³/mol. The van der Waals surface area contributed by atoms with Crippen molar-refractivity contribution in [2.45, 2.75) is 31.7 Å². The van der Waals surface area contributed by atoms with Crippen molar-refractivity contribution in [2.24, 2.45) is 11.7 Å². The molecule has 1 saturated carbocycles. The zero-order valence-electron chi connectivity index (χ0n) is 13.3. The molecule has 0 saturated heterocycles. The van der Waals surface area contributed by atoms with Crippen molar-refractivity contribution in [1.82, 2.24) is 0 Å². The van der Waals surface area contributed by atoms with Gasteiger partial charge in [0.05, 0.1) is 4.88 Å². The first-order valence-corrected chi connectivity index (χ1v) is 9.00. The lowest BCUT2D eigenvalue weighted by Gasteiger charge is -2.15. The smallest absolute Gasteiger partial charge is 0.265 e. The van der Waals surface area contributed by atoms with Crippen LogP contribution in [0.25, 0.3) is 0 Å². The van der Waals surface area contributed by atoms with Crippen LogP contribution in [0, 0.1) is 5.92 Å². The van der Waals surface area contributed by atoms with Gasteiger partial charge < -0.3 is 16.4 Å². The summed E-state index contributed by atoms with van der Waals surface area (Å²) in [6.07, 6.45) is 3.62. The highest BCUT2D eigenvalue weighted by Crippen LogP contribution is 2.27. The summed E-state index contributed by atoms with van der Waals surface area (Å²) < 4.78 is 0. The number of amides is 2. The van der Waals surface area contributed by atoms with Crippen molar-refractivity contribution in [3.8, 4) is 0 Å². The largest absolute Gasteiger partial charge is 0.327 e. The second-order valence-corrected chi connectivity index (χ2v) is 7.06. The lowest BCUT2D eigenvalue weighted by molar-refractivity contribution is -0.117. The fourth-order valence-corrected chi connectivity index (χ4v) is 3.63. The minimum atomic E-state index is -0.128. The molecule has 1 aliphatic rings. The van der Waals surface area contributed by atoms with E-state index in [1.807, 2.05) is 11.4 Å². The first-order valence-electron chi connectivity index (χ1n) is 8.12. The Morgan fingerprint density at radius 3 is 2.38 bits per heavy atom. The molecule has 0 radical (unpaired) electrons. The van der Waals surface area contributed by atoms with Crippen LogP contribution in [0.1, 0.15) is 35.4 Å². The molecule has 126 valence electrons. The summed E-state index contributed by atoms with van der Waals surface area (Å²) >= 11 is 1.40. The highest BCUT2D eigenvalue weighted by Gasteiger charge is 2.25. The standard InChI is InChI=1S/C18H21N3O2S/c19-15-4-1-3-12(15)11-17(22)20-13-6-8-14(9-7-13)21-18(23)16-5-2-10-24-16/h2,5-10,12,15H,1,3-4,11,19H2,(H,20,22)(H,21,23)/t12-,15+/m0/s1. The molecule has 2 aromatic rings. The molecule has 0 unspecified atom stereocenters. The molecule has 1 fully saturated rings. The van der Waals surface area contributed by atoms with Gasteiger partial charge in [-0.2, -0.15) is 0 Å². The molecule has 0 bridgehead atoms. The normalized spacial score (nSPS) is 19.9. The lowest BCUT2D eigenvalue weighted by atomic mass is 10.00. The molecule has 0 spiro atoms. The van der Waals surface area contributed by atoms with E-state index in [2.05, 4.69) is 10.6 Å². The number of anilines is 2. The summed E-state index contributed by atoms with van der Waals surface area (Å²) in [4.78, 5) is 24.7. The molecule has 24 heavy (non-hydrogen) atoms. The van der Waals surface area contributed by atoms with Crippen molar-refractivity contribution in [3.05, 3.63) is 46.7 Å². The van der Waals surface area contributed by atoms with Gasteiger partial charge in [-0.25, -0.2) is 0 Å². The van der Waals surface area contributed by atoms with Crippen molar-refractivity contribution < 1.29 is 9.59 Å². The number of carbonyl (C=O) groups excluding carboxylic acids is 2. The lowest BCUT2D eigenvalue weighted by Crippen LogP contribution is -2.28. The van der Waals surface area contributed by atoms with E-state index in [0.717, 1.165) is 24.9 Å². The van der Waals surface area contributed by atoms with Crippen molar-refractivity contribution >= 4 is 34.5 Å². The summed E-state index contributed by atoms with van der Waals surface area (Å²) in [6.45, 7) is 0. The molecule has 6 heteroatoms. The molecular formula is C18H21N3O2S. The number of carbonyl (C=O) groups is 2. The molecule has 2 amide bonds. The van der Waals surface area contributed by atoms with E-state index >= 15 is 0 Å². The zero-order valence-corrected chi connectivity index (χ0v) is 14.1. The van der Waals surface area contributed by atoms with Gasteiger partial charge in [0, 0.05) is 23.8 Å². The number of nitrogens with two attached hydrogens (primary N) is 1. The number of hydrogen-bond donors (Lipinski definition) is 3. The van der Waals surface area contributed by atoms with Gasteiger partial charge in [-0.15, -0.1) is 11.3 Å². The number of nitrogens with one attached hydrogen (secondary N) is 2. The van der Waals surface area contributed by atoms with Gasteiger partial charge in [0.15, 0.2) is 0 Å². The Kier molecular flexibility index (Phi) is 5.27. The van der Waals surface area contributed by atoms with E-state index in [9.17, 15) is 9.59 Å². The van der Waals surface area contributed by atoms with Crippen LogP contribution in [-0.2, 0) is 4.79 Å². The van der Waals surface area contributed by atoms with Crippen molar-refractivity contribution in [3.63, 3.8) is 0 Å². The maximum atomic E-state index is 12.1. The van der Waals surface area contributed by atoms with Crippen LogP contribution in [0.5, 0.6) is 0 Å². The molecule has 1 aliphatic carbocycles. The summed E-state index contributed by atoms with van der Waals surface area (Å²) in [5.74, 6) is 0.152. The number of thiophene rings is 1. The second-order valence-electron chi connectivity index (χ2n) is 6.12. The van der Waals surface area contributed by atoms with Gasteiger partial charge in [-0.3, -0.25) is 9.59 Å². The van der Waals surface area contributed by atoms with E-state index in [1.54, 1.807) is 30.3 Å². The Labute approximate surface area is 145 Å². The third kappa shape index (κ3) is 4.21. The first-order chi connectivity index (χ1) is 11.6. The molecular weight excluding hydrogens is 322 g/mol. The van der Waals surface area contributed by atoms with Crippen LogP contribution in [0.3, 0.4) is 0 Å². The maximum absolute atomic E-state index is 12.1. The zero-order chi connectivity index (χ0) is 16.9. The van der Waals surface area contributed by atoms with Crippen molar-refractivity contribution in [1.29, 1.82) is 0 Å². The fourth-order valence-electron chi connectivity index (χ4n) is 3.01. The topological polar surface area (TPSA) is 84.2 Å². The fraction of sp³-hybridized carbons (Fsp3) is 0.333. The number of hydrogen-bond acceptors (Lipinski definition) is 4. The van der Waals surface area contributed by atoms with Gasteiger partial charge in [-0.05, 0) is 54.5 Å². The van der Waals surface area contributed by atoms with Gasteiger partial charge in [0.2, 0.25) is 5.91 Å². The Balaban J connectivity index is 1.52. The van der Waals surface area contributed by atoms with Gasteiger partial charge >= 0.3 is 0 Å². The molecule has 3 rings (SSSR count). The Morgan fingerprint density at radius 1 is 1.08 bits per heavy atom. The number of benzene rings is 1. The monoisotopic (exact) mass is 343 g/mol. The van der Waals surface area contributed by atoms with E-state index < -0.39 is 0 Å². The Bertz CT molecular complexity index is 698. The van der Waals surface area contributed by atoms with Gasteiger partial charge in [0.1, 0.15) is 0 Å².